The Labute approximate surface area is 220 Å². The zero-order chi connectivity index (χ0) is 19.4. The molecule has 0 aliphatic heterocycles. The van der Waals surface area contributed by atoms with Gasteiger partial charge in [-0.15, -0.1) is 0 Å². The molecule has 1 unspecified atom stereocenters. The van der Waals surface area contributed by atoms with Gasteiger partial charge in [-0.3, -0.25) is 0 Å². The van der Waals surface area contributed by atoms with Gasteiger partial charge in [0.2, 0.25) is 0 Å². The molecule has 0 fully saturated rings. The van der Waals surface area contributed by atoms with Crippen LogP contribution in [-0.4, -0.2) is 0 Å². The van der Waals surface area contributed by atoms with E-state index in [4.69, 9.17) is 0 Å². The Morgan fingerprint density at radius 3 is 1.96 bits per heavy atom. The van der Waals surface area contributed by atoms with Crippen LogP contribution >= 0.6 is 127 Å². The second kappa shape index (κ2) is 8.27. The molecule has 0 saturated heterocycles. The lowest BCUT2D eigenvalue weighted by Crippen LogP contribution is -2.16. The monoisotopic (exact) mass is 857 g/mol. The highest BCUT2D eigenvalue weighted by atomic mass is 80.0. The van der Waals surface area contributed by atoms with Crippen molar-refractivity contribution in [3.8, 4) is 0 Å². The summed E-state index contributed by atoms with van der Waals surface area (Å²) in [5.41, 5.74) is 7.06. The van der Waals surface area contributed by atoms with Crippen LogP contribution in [0.15, 0.2) is 39.3 Å². The molecule has 0 saturated carbocycles. The van der Waals surface area contributed by atoms with Gasteiger partial charge in [-0.25, -0.2) is 0 Å². The molecular weight excluding hydrogens is 855 g/mol. The SMILES string of the molecule is Cc1c(C(Br)(Br)Br)c(Br)c(Br)c(C2C=Cc3ccccc32)c1C(Br)(Br)Br. The van der Waals surface area contributed by atoms with Crippen LogP contribution in [0.25, 0.3) is 6.08 Å². The zero-order valence-corrected chi connectivity index (χ0v) is 25.8. The van der Waals surface area contributed by atoms with E-state index in [1.165, 1.54) is 16.7 Å². The summed E-state index contributed by atoms with van der Waals surface area (Å²) in [4.78, 5) is 0. The van der Waals surface area contributed by atoms with E-state index in [9.17, 15) is 0 Å². The molecule has 26 heavy (non-hydrogen) atoms. The van der Waals surface area contributed by atoms with Gasteiger partial charge in [-0.1, -0.05) is 132 Å². The van der Waals surface area contributed by atoms with Gasteiger partial charge in [0.15, 0.2) is 4.29 Å². The van der Waals surface area contributed by atoms with Gasteiger partial charge < -0.3 is 0 Å². The van der Waals surface area contributed by atoms with Gasteiger partial charge in [0.05, 0.1) is 0 Å². The number of hydrogen-bond donors (Lipinski definition) is 0. The molecule has 138 valence electrons. The minimum atomic E-state index is -0.561. The van der Waals surface area contributed by atoms with Crippen molar-refractivity contribution in [2.24, 2.45) is 0 Å². The van der Waals surface area contributed by atoms with E-state index in [1.807, 2.05) is 0 Å². The quantitative estimate of drug-likeness (QED) is 0.251. The molecule has 0 N–H and O–H groups in total. The van der Waals surface area contributed by atoms with Crippen LogP contribution in [0.1, 0.15) is 39.3 Å². The lowest BCUT2D eigenvalue weighted by Gasteiger charge is -2.30. The van der Waals surface area contributed by atoms with Gasteiger partial charge in [0.25, 0.3) is 0 Å². The van der Waals surface area contributed by atoms with Crippen molar-refractivity contribution in [2.75, 3.05) is 0 Å². The van der Waals surface area contributed by atoms with Crippen molar-refractivity contribution in [3.05, 3.63) is 72.7 Å². The maximum atomic E-state index is 3.86. The number of allylic oxidation sites excluding steroid dienone is 1. The number of fused-ring (bicyclic) bond motifs is 1. The van der Waals surface area contributed by atoms with Gasteiger partial charge in [-0.05, 0) is 66.6 Å². The summed E-state index contributed by atoms with van der Waals surface area (Å²) in [6.07, 6.45) is 4.44. The van der Waals surface area contributed by atoms with Gasteiger partial charge >= 0.3 is 0 Å². The molecule has 8 heteroatoms. The van der Waals surface area contributed by atoms with E-state index in [1.54, 1.807) is 0 Å². The molecule has 0 amide bonds. The van der Waals surface area contributed by atoms with Crippen molar-refractivity contribution in [1.29, 1.82) is 0 Å². The summed E-state index contributed by atoms with van der Waals surface area (Å²) < 4.78 is 0.903. The highest BCUT2D eigenvalue weighted by Crippen LogP contribution is 2.58. The minimum absolute atomic E-state index is 0.155. The molecule has 2 aromatic rings. The number of benzene rings is 2. The van der Waals surface area contributed by atoms with Gasteiger partial charge in [-0.2, -0.15) is 0 Å². The van der Waals surface area contributed by atoms with E-state index in [0.717, 1.165) is 25.6 Å². The number of alkyl halides is 6. The van der Waals surface area contributed by atoms with Crippen molar-refractivity contribution in [2.45, 2.75) is 17.1 Å². The predicted molar refractivity (Wildman–Crippen MR) is 141 cm³/mol. The second-order valence-corrected chi connectivity index (χ2v) is 21.0. The highest BCUT2D eigenvalue weighted by Gasteiger charge is 2.38. The Bertz CT molecular complexity index is 903. The maximum absolute atomic E-state index is 3.86. The van der Waals surface area contributed by atoms with E-state index in [-0.39, 0.29) is 5.92 Å². The number of hydrogen-bond acceptors (Lipinski definition) is 0. The first-order chi connectivity index (χ1) is 11.9. The smallest absolute Gasteiger partial charge is 0.0720 e. The molecule has 1 aliphatic rings. The highest BCUT2D eigenvalue weighted by molar-refractivity contribution is 9.39. The maximum Gasteiger partial charge on any atom is 0.161 e. The Morgan fingerprint density at radius 1 is 0.808 bits per heavy atom. The molecule has 0 radical (unpaired) electrons. The first-order valence-electron chi connectivity index (χ1n) is 7.37. The average molecular weight is 866 g/mol. The molecule has 0 nitrogen and oxygen atoms in total. The van der Waals surface area contributed by atoms with Crippen LogP contribution < -0.4 is 0 Å². The standard InChI is InChI=1S/C18H10Br8/c1-8-13(17(21,22)23)12(15(19)16(20)14(8)18(24,25)26)11-7-6-9-4-2-3-5-10(9)11/h2-7,11H,1H3. The minimum Gasteiger partial charge on any atom is -0.0720 e. The molecule has 1 aliphatic carbocycles. The number of halogens is 8. The Morgan fingerprint density at radius 2 is 1.38 bits per heavy atom. The molecule has 2 aromatic carbocycles. The fourth-order valence-electron chi connectivity index (χ4n) is 3.32. The topological polar surface area (TPSA) is 0 Å². The lowest BCUT2D eigenvalue weighted by molar-refractivity contribution is 0.984. The first kappa shape index (κ1) is 22.7. The van der Waals surface area contributed by atoms with E-state index < -0.39 is 4.29 Å². The van der Waals surface area contributed by atoms with Crippen LogP contribution in [-0.2, 0) is 4.29 Å². The summed E-state index contributed by atoms with van der Waals surface area (Å²) in [6, 6.07) is 8.51. The third-order valence-corrected chi connectivity index (χ3v) is 8.87. The van der Waals surface area contributed by atoms with Crippen LogP contribution in [0.2, 0.25) is 0 Å². The Hall–Kier alpha value is 2.02. The number of rotatable bonds is 1. The molecule has 0 spiro atoms. The lowest BCUT2D eigenvalue weighted by atomic mass is 9.87. The molecule has 0 heterocycles. The Kier molecular flexibility index (Phi) is 7.22. The van der Waals surface area contributed by atoms with Crippen LogP contribution in [0.3, 0.4) is 0 Å². The van der Waals surface area contributed by atoms with E-state index >= 15 is 0 Å². The predicted octanol–water partition coefficient (Wildman–Crippen LogP) is 10.3. The first-order valence-corrected chi connectivity index (χ1v) is 13.7. The second-order valence-electron chi connectivity index (χ2n) is 5.88. The van der Waals surface area contributed by atoms with Crippen LogP contribution in [0.4, 0.5) is 0 Å². The normalized spacial score (nSPS) is 16.9. The van der Waals surface area contributed by atoms with Crippen molar-refractivity contribution in [3.63, 3.8) is 0 Å². The fourth-order valence-corrected chi connectivity index (χ4v) is 8.59. The summed E-state index contributed by atoms with van der Waals surface area (Å²) in [5.74, 6) is 0.155. The molecular formula is C18H10Br8. The summed E-state index contributed by atoms with van der Waals surface area (Å²) in [7, 11) is 0. The van der Waals surface area contributed by atoms with Crippen molar-refractivity contribution < 1.29 is 0 Å². The van der Waals surface area contributed by atoms with Gasteiger partial charge in [0, 0.05) is 20.4 Å². The molecule has 0 aromatic heterocycles. The third-order valence-electron chi connectivity index (χ3n) is 4.35. The van der Waals surface area contributed by atoms with Gasteiger partial charge in [0.1, 0.15) is 0 Å². The molecule has 3 rings (SSSR count). The average Bonchev–Trinajstić information content (AvgIpc) is 2.92. The van der Waals surface area contributed by atoms with Crippen molar-refractivity contribution >= 4 is 134 Å². The molecule has 1 atom stereocenters. The van der Waals surface area contributed by atoms with E-state index in [2.05, 4.69) is 171 Å². The fraction of sp³-hybridized carbons (Fsp3) is 0.222. The summed E-state index contributed by atoms with van der Waals surface area (Å²) in [6.45, 7) is 2.12. The zero-order valence-electron chi connectivity index (χ0n) is 13.1. The largest absolute Gasteiger partial charge is 0.161 e. The summed E-state index contributed by atoms with van der Waals surface area (Å²) >= 11 is 30.0. The van der Waals surface area contributed by atoms with Crippen LogP contribution in [0.5, 0.6) is 0 Å². The molecule has 0 bridgehead atoms. The Balaban J connectivity index is 2.39. The van der Waals surface area contributed by atoms with Crippen LogP contribution in [0, 0.1) is 6.92 Å². The van der Waals surface area contributed by atoms with Crippen molar-refractivity contribution in [1.82, 2.24) is 0 Å². The summed E-state index contributed by atoms with van der Waals surface area (Å²) in [5, 5.41) is 0. The van der Waals surface area contributed by atoms with E-state index in [0.29, 0.717) is 0 Å². The third kappa shape index (κ3) is 4.23.